The van der Waals surface area contributed by atoms with E-state index < -0.39 is 16.2 Å². The molecule has 13 aromatic rings. The van der Waals surface area contributed by atoms with E-state index in [0.29, 0.717) is 133 Å². The van der Waals surface area contributed by atoms with Crippen LogP contribution in [0.15, 0.2) is 237 Å². The Bertz CT molecular complexity index is 6870. The highest BCUT2D eigenvalue weighted by molar-refractivity contribution is 6.04. The minimum Gasteiger partial charge on any atom is -0.342 e. The molecule has 1 saturated carbocycles. The summed E-state index contributed by atoms with van der Waals surface area (Å²) in [4.78, 5) is 125. The van der Waals surface area contributed by atoms with Gasteiger partial charge in [-0.25, -0.2) is 24.3 Å². The monoisotopic (exact) mass is 1890 g/mol. The molecule has 6 amide bonds. The predicted octanol–water partition coefficient (Wildman–Crippen LogP) is 16.3. The Morgan fingerprint density at radius 1 is 0.426 bits per heavy atom. The molecule has 141 heavy (non-hydrogen) atoms. The topological polar surface area (TPSA) is 328 Å². The molecule has 6 N–H and O–H groups in total. The summed E-state index contributed by atoms with van der Waals surface area (Å²) in [5.41, 5.74) is 18.4. The summed E-state index contributed by atoms with van der Waals surface area (Å²) >= 11 is 0. The molecule has 5 fully saturated rings. The van der Waals surface area contributed by atoms with Crippen molar-refractivity contribution in [2.24, 2.45) is 22.2 Å². The van der Waals surface area contributed by atoms with E-state index in [-0.39, 0.29) is 47.8 Å². The second-order valence-corrected chi connectivity index (χ2v) is 39.7. The molecule has 3 unspecified atom stereocenters. The maximum Gasteiger partial charge on any atom is 0.237 e. The van der Waals surface area contributed by atoms with E-state index >= 15 is 0 Å². The van der Waals surface area contributed by atoms with E-state index in [9.17, 15) is 33.2 Å². The van der Waals surface area contributed by atoms with Crippen molar-refractivity contribution in [2.75, 3.05) is 155 Å². The summed E-state index contributed by atoms with van der Waals surface area (Å²) in [6.45, 7) is 14.1. The fraction of sp³-hybridized carbons (Fsp3) is 0.360. The number of carbonyl (C=O) groups is 6. The van der Waals surface area contributed by atoms with E-state index in [4.69, 9.17) is 0 Å². The summed E-state index contributed by atoms with van der Waals surface area (Å²) < 4.78 is 13.5. The number of pyridine rings is 2. The van der Waals surface area contributed by atoms with Gasteiger partial charge in [-0.1, -0.05) is 92.3 Å². The van der Waals surface area contributed by atoms with Crippen molar-refractivity contribution in [1.29, 1.82) is 0 Å². The SMILES string of the molecule is CCCC1(C(=O)Nc2ccc3[nH]nc(-c4ccnc(C)c4)c3c2)CCN(CC(=O)N2CCC(C3=CCC=C3)CC2)C1.CN(C)CC1(C(=O)Nc2ccc3[nH]nc(-c4ccc(F)cc4)c3c2)CCN(CC(=O)N2CC=C(c3ccc(-c4ncccn4)cc3)CC2)C1.CN(C)CC1(C(=O)Nc2ccc3[nH]nc(-c4ccnc(C5CC5)c4)c3c2)CCN(CC(=O)N2CC=C(c3ccc(-c4ncccn4)cc3)CC2)C1. The fourth-order valence-corrected chi connectivity index (χ4v) is 21.5. The molecule has 8 aliphatic rings. The van der Waals surface area contributed by atoms with Crippen LogP contribution in [0.3, 0.4) is 0 Å². The molecule has 0 bridgehead atoms. The molecule has 4 saturated heterocycles. The zero-order chi connectivity index (χ0) is 97.3. The Balaban J connectivity index is 0.000000135. The number of amides is 6. The van der Waals surface area contributed by atoms with Crippen molar-refractivity contribution in [3.05, 3.63) is 265 Å². The minimum absolute atomic E-state index is 0.0223. The third kappa shape index (κ3) is 22.1. The number of rotatable bonds is 27. The van der Waals surface area contributed by atoms with Crippen LogP contribution in [0, 0.1) is 34.9 Å². The Morgan fingerprint density at radius 2 is 0.844 bits per heavy atom. The molecule has 6 aliphatic heterocycles. The number of carbonyl (C=O) groups excluding carboxylic acids is 6. The van der Waals surface area contributed by atoms with Gasteiger partial charge in [0.15, 0.2) is 11.6 Å². The Morgan fingerprint density at radius 3 is 1.27 bits per heavy atom. The smallest absolute Gasteiger partial charge is 0.237 e. The molecule has 30 heteroatoms. The van der Waals surface area contributed by atoms with Crippen molar-refractivity contribution in [3.8, 4) is 56.5 Å². The van der Waals surface area contributed by atoms with Crippen LogP contribution in [0.25, 0.3) is 100 Å². The van der Waals surface area contributed by atoms with E-state index in [1.165, 1.54) is 41.7 Å². The molecular formula is C111H122FN23O6. The number of aromatic nitrogens is 12. The van der Waals surface area contributed by atoms with Crippen LogP contribution in [-0.2, 0) is 28.8 Å². The predicted molar refractivity (Wildman–Crippen MR) is 550 cm³/mol. The molecule has 3 atom stereocenters. The highest BCUT2D eigenvalue weighted by atomic mass is 19.1. The maximum absolute atomic E-state index is 14.1. The summed E-state index contributed by atoms with van der Waals surface area (Å²) in [6.07, 6.45) is 32.6. The number of piperidine rings is 1. The number of nitrogens with zero attached hydrogens (tertiary/aromatic N) is 17. The van der Waals surface area contributed by atoms with E-state index in [1.807, 2.05) is 164 Å². The first-order chi connectivity index (χ1) is 68.5. The molecule has 29 nitrogen and oxygen atoms in total. The molecular weight excluding hydrogens is 1770 g/mol. The van der Waals surface area contributed by atoms with Crippen molar-refractivity contribution in [1.82, 2.24) is 99.7 Å². The average molecular weight is 1890 g/mol. The second kappa shape index (κ2) is 42.4. The van der Waals surface area contributed by atoms with Crippen molar-refractivity contribution >= 4 is 96.4 Å². The Labute approximate surface area is 820 Å². The number of halogens is 1. The molecule has 7 aromatic heterocycles. The van der Waals surface area contributed by atoms with Crippen LogP contribution in [0.2, 0.25) is 0 Å². The number of fused-ring (bicyclic) bond motifs is 3. The number of hydrogen-bond donors (Lipinski definition) is 6. The van der Waals surface area contributed by atoms with Crippen molar-refractivity contribution in [2.45, 2.75) is 96.8 Å². The van der Waals surface area contributed by atoms with E-state index in [0.717, 1.165) is 177 Å². The number of H-pyrrole nitrogens is 3. The van der Waals surface area contributed by atoms with Crippen LogP contribution >= 0.6 is 0 Å². The number of hydrogen-bond acceptors (Lipinski definition) is 20. The summed E-state index contributed by atoms with van der Waals surface area (Å²) in [5, 5.41) is 35.3. The van der Waals surface area contributed by atoms with Gasteiger partial charge < -0.3 is 40.4 Å². The summed E-state index contributed by atoms with van der Waals surface area (Å²) in [6, 6.07) is 51.9. The summed E-state index contributed by atoms with van der Waals surface area (Å²) in [7, 11) is 7.93. The van der Waals surface area contributed by atoms with Crippen LogP contribution in [0.1, 0.15) is 112 Å². The number of aryl methyl sites for hydroxylation is 1. The lowest BCUT2D eigenvalue weighted by atomic mass is 9.81. The number of benzene rings is 6. The minimum atomic E-state index is -0.680. The Hall–Kier alpha value is -14.3. The van der Waals surface area contributed by atoms with Crippen LogP contribution in [0.4, 0.5) is 21.5 Å². The first-order valence-electron chi connectivity index (χ1n) is 49.4. The molecule has 724 valence electrons. The fourth-order valence-electron chi connectivity index (χ4n) is 21.5. The van der Waals surface area contributed by atoms with Gasteiger partial charge in [-0.05, 0) is 274 Å². The van der Waals surface area contributed by atoms with E-state index in [1.54, 1.807) is 49.2 Å². The largest absolute Gasteiger partial charge is 0.342 e. The zero-order valence-electron chi connectivity index (χ0n) is 81.0. The number of aromatic amines is 3. The first-order valence-corrected chi connectivity index (χ1v) is 49.4. The molecule has 13 heterocycles. The van der Waals surface area contributed by atoms with Crippen LogP contribution in [-0.4, -0.2) is 275 Å². The van der Waals surface area contributed by atoms with Gasteiger partial charge >= 0.3 is 0 Å². The average Bonchev–Trinajstić information content (AvgIpc) is 1.64. The summed E-state index contributed by atoms with van der Waals surface area (Å²) in [5.74, 6) is 2.54. The van der Waals surface area contributed by atoms with E-state index in [2.05, 4.69) is 164 Å². The number of likely N-dealkylation sites (tertiary alicyclic amines) is 4. The molecule has 21 rings (SSSR count). The lowest BCUT2D eigenvalue weighted by Gasteiger charge is -2.34. The van der Waals surface area contributed by atoms with Gasteiger partial charge in [0.2, 0.25) is 35.4 Å². The lowest BCUT2D eigenvalue weighted by Crippen LogP contribution is -2.47. The quantitative estimate of drug-likeness (QED) is 0.0278. The first kappa shape index (κ1) is 95.6. The molecule has 0 radical (unpaired) electrons. The Kier molecular flexibility index (Phi) is 28.8. The third-order valence-electron chi connectivity index (χ3n) is 29.0. The van der Waals surface area contributed by atoms with Gasteiger partial charge in [0.05, 0.1) is 58.1 Å². The van der Waals surface area contributed by atoms with Gasteiger partial charge in [0.1, 0.15) is 17.2 Å². The molecule has 2 aliphatic carbocycles. The number of allylic oxidation sites excluding steroid dienone is 4. The molecule has 0 spiro atoms. The highest BCUT2D eigenvalue weighted by Crippen LogP contribution is 2.44. The van der Waals surface area contributed by atoms with Crippen molar-refractivity contribution in [3.63, 3.8) is 0 Å². The van der Waals surface area contributed by atoms with Gasteiger partial charge in [-0.2, -0.15) is 15.3 Å². The normalized spacial score (nSPS) is 19.6. The maximum atomic E-state index is 14.1. The van der Waals surface area contributed by atoms with Crippen LogP contribution < -0.4 is 16.0 Å². The van der Waals surface area contributed by atoms with Gasteiger partial charge in [0, 0.05) is 188 Å². The standard InChI is InChI=1S/C40H43N9O2.C38H39FN8O2.C33H40N6O2/c1-47(2)25-40(39(51)44-32-10-11-34-33(23-32)37(46-45-34)31-12-18-41-35(22-31)29-6-7-29)15-21-48(26-40)24-36(50)49-19-13-28(14-20-49)27-4-8-30(9-5-27)38-42-16-3-17-43-38;1-45(2)24-38(37(49)42-31-12-13-33-32(22-31)35(44-43-33)28-8-10-30(39)11-9-28)16-21-46(25-38)23-34(48)47-19-14-27(15-20-47)26-4-6-29(7-5-26)36-40-17-3-18-41-36;1-3-13-33(14-18-38(22-33)21-30(40)39-16-11-25(12-17-39)24-6-4-5-7-24)32(41)35-27-8-9-29-28(20-27)31(37-36-29)26-10-15-34-23(2)19-26/h3-5,8-13,16-18,22-23,29H,6-7,14-15,19-21,24-26H2,1-2H3,(H,44,51)(H,45,46);3-14,17-18,22H,15-16,19-21,23-25H2,1-2H3,(H,42,49)(H,43,44);4,6-10,15,19-20,25H,3,5,11-14,16-18,21-22H2,1-2H3,(H,35,41)(H,36,37). The lowest BCUT2D eigenvalue weighted by molar-refractivity contribution is -0.134. The van der Waals surface area contributed by atoms with Gasteiger partial charge in [-0.3, -0.25) is 68.7 Å². The molecule has 6 aromatic carbocycles. The zero-order valence-corrected chi connectivity index (χ0v) is 81.0. The highest BCUT2D eigenvalue weighted by Gasteiger charge is 2.49. The number of nitrogens with one attached hydrogen (secondary N) is 6. The van der Waals surface area contributed by atoms with Gasteiger partial charge in [-0.15, -0.1) is 0 Å². The third-order valence-corrected chi connectivity index (χ3v) is 29.0. The second-order valence-electron chi connectivity index (χ2n) is 39.7. The van der Waals surface area contributed by atoms with Crippen molar-refractivity contribution < 1.29 is 33.2 Å². The van der Waals surface area contributed by atoms with Gasteiger partial charge in [0.25, 0.3) is 0 Å². The number of anilines is 3. The van der Waals surface area contributed by atoms with Crippen LogP contribution in [0.5, 0.6) is 0 Å².